The number of rotatable bonds is 5. The molecule has 1 atom stereocenters. The SMILES string of the molecule is CC(C)C(NC(=O)c1cc(C(F)(F)F)cc(C(F)(F)F)c1)c1ccc(C(N)=O)cc1. The van der Waals surface area contributed by atoms with Gasteiger partial charge in [-0.15, -0.1) is 0 Å². The molecule has 0 radical (unpaired) electrons. The van der Waals surface area contributed by atoms with Crippen molar-refractivity contribution >= 4 is 11.8 Å². The fraction of sp³-hybridized carbons (Fsp3) is 0.300. The molecule has 2 amide bonds. The highest BCUT2D eigenvalue weighted by Gasteiger charge is 2.37. The maximum Gasteiger partial charge on any atom is 0.416 e. The zero-order chi connectivity index (χ0) is 22.9. The maximum atomic E-state index is 13.0. The highest BCUT2D eigenvalue weighted by atomic mass is 19.4. The molecule has 0 fully saturated rings. The first-order valence-corrected chi connectivity index (χ1v) is 8.70. The second-order valence-corrected chi connectivity index (χ2v) is 6.98. The highest BCUT2D eigenvalue weighted by Crippen LogP contribution is 2.36. The first-order valence-electron chi connectivity index (χ1n) is 8.70. The van der Waals surface area contributed by atoms with Crippen molar-refractivity contribution in [2.75, 3.05) is 0 Å². The monoisotopic (exact) mass is 432 g/mol. The molecule has 0 bridgehead atoms. The molecule has 0 saturated carbocycles. The number of nitrogens with two attached hydrogens (primary N) is 1. The lowest BCUT2D eigenvalue weighted by molar-refractivity contribution is -0.143. The molecule has 2 aromatic rings. The summed E-state index contributed by atoms with van der Waals surface area (Å²) in [5.41, 5.74) is 1.96. The van der Waals surface area contributed by atoms with E-state index >= 15 is 0 Å². The zero-order valence-corrected chi connectivity index (χ0v) is 15.9. The van der Waals surface area contributed by atoms with Crippen LogP contribution in [0.5, 0.6) is 0 Å². The minimum atomic E-state index is -5.06. The summed E-state index contributed by atoms with van der Waals surface area (Å²) in [6, 6.07) is 5.78. The molecule has 0 aliphatic rings. The van der Waals surface area contributed by atoms with E-state index in [0.29, 0.717) is 17.7 Å². The van der Waals surface area contributed by atoms with Crippen molar-refractivity contribution in [3.05, 3.63) is 70.3 Å². The van der Waals surface area contributed by atoms with Crippen LogP contribution in [-0.4, -0.2) is 11.8 Å². The quantitative estimate of drug-likeness (QED) is 0.657. The first kappa shape index (κ1) is 23.2. The summed E-state index contributed by atoms with van der Waals surface area (Å²) in [7, 11) is 0. The van der Waals surface area contributed by atoms with Crippen molar-refractivity contribution in [2.45, 2.75) is 32.2 Å². The van der Waals surface area contributed by atoms with Gasteiger partial charge in [0.25, 0.3) is 5.91 Å². The number of halogens is 6. The number of carbonyl (C=O) groups is 2. The predicted molar refractivity (Wildman–Crippen MR) is 96.5 cm³/mol. The van der Waals surface area contributed by atoms with Gasteiger partial charge in [0.1, 0.15) is 0 Å². The third kappa shape index (κ3) is 5.52. The lowest BCUT2D eigenvalue weighted by Gasteiger charge is -2.24. The fourth-order valence-corrected chi connectivity index (χ4v) is 2.80. The van der Waals surface area contributed by atoms with Gasteiger partial charge in [0.2, 0.25) is 5.91 Å². The van der Waals surface area contributed by atoms with E-state index in [0.717, 1.165) is 0 Å². The average molecular weight is 432 g/mol. The van der Waals surface area contributed by atoms with Crippen LogP contribution >= 0.6 is 0 Å². The molecular formula is C20H18F6N2O2. The van der Waals surface area contributed by atoms with Gasteiger partial charge in [-0.3, -0.25) is 9.59 Å². The largest absolute Gasteiger partial charge is 0.416 e. The molecular weight excluding hydrogens is 414 g/mol. The van der Waals surface area contributed by atoms with Crippen LogP contribution in [0, 0.1) is 5.92 Å². The van der Waals surface area contributed by atoms with E-state index < -0.39 is 46.9 Å². The van der Waals surface area contributed by atoms with Gasteiger partial charge in [-0.05, 0) is 41.8 Å². The van der Waals surface area contributed by atoms with E-state index in [4.69, 9.17) is 5.73 Å². The molecule has 0 heterocycles. The van der Waals surface area contributed by atoms with Crippen molar-refractivity contribution in [1.29, 1.82) is 0 Å². The van der Waals surface area contributed by atoms with Gasteiger partial charge in [0.05, 0.1) is 17.2 Å². The van der Waals surface area contributed by atoms with Crippen LogP contribution in [0.25, 0.3) is 0 Å². The summed E-state index contributed by atoms with van der Waals surface area (Å²) in [6.07, 6.45) is -10.1. The molecule has 0 saturated heterocycles. The first-order chi connectivity index (χ1) is 13.7. The van der Waals surface area contributed by atoms with Crippen LogP contribution in [0.3, 0.4) is 0 Å². The summed E-state index contributed by atoms with van der Waals surface area (Å²) in [5.74, 6) is -2.03. The Balaban J connectivity index is 2.41. The number of alkyl halides is 6. The fourth-order valence-electron chi connectivity index (χ4n) is 2.80. The summed E-state index contributed by atoms with van der Waals surface area (Å²) in [5, 5.41) is 2.47. The molecule has 162 valence electrons. The van der Waals surface area contributed by atoms with Gasteiger partial charge in [0.15, 0.2) is 0 Å². The number of benzene rings is 2. The molecule has 2 aromatic carbocycles. The molecule has 30 heavy (non-hydrogen) atoms. The number of carbonyl (C=O) groups excluding carboxylic acids is 2. The Labute approximate surface area is 168 Å². The van der Waals surface area contributed by atoms with Crippen molar-refractivity contribution < 1.29 is 35.9 Å². The van der Waals surface area contributed by atoms with Gasteiger partial charge in [0, 0.05) is 11.1 Å². The van der Waals surface area contributed by atoms with Crippen molar-refractivity contribution in [1.82, 2.24) is 5.32 Å². The smallest absolute Gasteiger partial charge is 0.366 e. The highest BCUT2D eigenvalue weighted by molar-refractivity contribution is 5.95. The second-order valence-electron chi connectivity index (χ2n) is 6.98. The minimum Gasteiger partial charge on any atom is -0.366 e. The zero-order valence-electron chi connectivity index (χ0n) is 15.9. The van der Waals surface area contributed by atoms with Gasteiger partial charge >= 0.3 is 12.4 Å². The standard InChI is InChI=1S/C20H18F6N2O2/c1-10(2)16(11-3-5-12(6-4-11)17(27)29)28-18(30)13-7-14(19(21,22)23)9-15(8-13)20(24,25)26/h3-10,16H,1-2H3,(H2,27,29)(H,28,30). The molecule has 0 aliphatic carbocycles. The number of primary amides is 1. The molecule has 1 unspecified atom stereocenters. The van der Waals surface area contributed by atoms with Crippen molar-refractivity contribution in [2.24, 2.45) is 11.7 Å². The number of nitrogens with one attached hydrogen (secondary N) is 1. The number of hydrogen-bond donors (Lipinski definition) is 2. The Kier molecular flexibility index (Phi) is 6.48. The lowest BCUT2D eigenvalue weighted by Crippen LogP contribution is -2.32. The lowest BCUT2D eigenvalue weighted by atomic mass is 9.94. The van der Waals surface area contributed by atoms with E-state index in [9.17, 15) is 35.9 Å². The van der Waals surface area contributed by atoms with Crippen LogP contribution in [-0.2, 0) is 12.4 Å². The van der Waals surface area contributed by atoms with Crippen LogP contribution in [0.2, 0.25) is 0 Å². The second kappa shape index (κ2) is 8.37. The molecule has 0 aliphatic heterocycles. The molecule has 0 aromatic heterocycles. The van der Waals surface area contributed by atoms with E-state index in [2.05, 4.69) is 5.32 Å². The minimum absolute atomic E-state index is 0.0424. The summed E-state index contributed by atoms with van der Waals surface area (Å²) >= 11 is 0. The number of hydrogen-bond acceptors (Lipinski definition) is 2. The van der Waals surface area contributed by atoms with Crippen LogP contribution in [0.15, 0.2) is 42.5 Å². The molecule has 4 nitrogen and oxygen atoms in total. The summed E-state index contributed by atoms with van der Waals surface area (Å²) in [6.45, 7) is 3.42. The van der Waals surface area contributed by atoms with Crippen LogP contribution < -0.4 is 11.1 Å². The molecule has 10 heteroatoms. The Morgan fingerprint density at radius 3 is 1.67 bits per heavy atom. The van der Waals surface area contributed by atoms with E-state index in [1.807, 2.05) is 0 Å². The topological polar surface area (TPSA) is 72.2 Å². The average Bonchev–Trinajstić information content (AvgIpc) is 2.64. The number of amides is 2. The predicted octanol–water partition coefficient (Wildman–Crippen LogP) is 4.95. The third-order valence-corrected chi connectivity index (χ3v) is 4.36. The molecule has 2 rings (SSSR count). The van der Waals surface area contributed by atoms with E-state index in [1.165, 1.54) is 24.3 Å². The van der Waals surface area contributed by atoms with E-state index in [1.54, 1.807) is 13.8 Å². The van der Waals surface area contributed by atoms with E-state index in [-0.39, 0.29) is 17.5 Å². The molecule has 3 N–H and O–H groups in total. The Morgan fingerprint density at radius 2 is 1.30 bits per heavy atom. The van der Waals surface area contributed by atoms with Gasteiger partial charge < -0.3 is 11.1 Å². The Hall–Kier alpha value is -3.04. The maximum absolute atomic E-state index is 13.0. The van der Waals surface area contributed by atoms with Crippen LogP contribution in [0.4, 0.5) is 26.3 Å². The van der Waals surface area contributed by atoms with Crippen molar-refractivity contribution in [3.8, 4) is 0 Å². The molecule has 0 spiro atoms. The van der Waals surface area contributed by atoms with Gasteiger partial charge in [-0.1, -0.05) is 26.0 Å². The third-order valence-electron chi connectivity index (χ3n) is 4.36. The van der Waals surface area contributed by atoms with Gasteiger partial charge in [-0.25, -0.2) is 0 Å². The summed E-state index contributed by atoms with van der Waals surface area (Å²) in [4.78, 5) is 23.7. The Morgan fingerprint density at radius 1 is 0.833 bits per heavy atom. The van der Waals surface area contributed by atoms with Gasteiger partial charge in [-0.2, -0.15) is 26.3 Å². The normalized spacial score (nSPS) is 13.2. The summed E-state index contributed by atoms with van der Waals surface area (Å²) < 4.78 is 78.1. The Bertz CT molecular complexity index is 902. The van der Waals surface area contributed by atoms with Crippen LogP contribution in [0.1, 0.15) is 57.3 Å². The van der Waals surface area contributed by atoms with Crippen molar-refractivity contribution in [3.63, 3.8) is 0 Å².